The summed E-state index contributed by atoms with van der Waals surface area (Å²) in [5.41, 5.74) is 0. The Hall–Kier alpha value is 0.372. The molecular weight excluding hydrogens is 163 g/mol. The largest absolute Gasteiger partial charge is 0.905 e. The summed E-state index contributed by atoms with van der Waals surface area (Å²) < 4.78 is 15.7. The molecule has 0 aliphatic heterocycles. The van der Waals surface area contributed by atoms with E-state index in [4.69, 9.17) is 11.4 Å². The molecule has 0 bridgehead atoms. The predicted molar refractivity (Wildman–Crippen MR) is 44.2 cm³/mol. The molecule has 5 heteroatoms. The summed E-state index contributed by atoms with van der Waals surface area (Å²) in [5, 5.41) is 0. The third kappa shape index (κ3) is 8.28. The fraction of sp³-hybridized carbons (Fsp3) is 1.00. The predicted octanol–water partition coefficient (Wildman–Crippen LogP) is 0.256. The van der Waals surface area contributed by atoms with Crippen molar-refractivity contribution in [1.82, 2.24) is 0 Å². The molecule has 0 aliphatic rings. The van der Waals surface area contributed by atoms with Crippen LogP contribution in [0.5, 0.6) is 0 Å². The molecular formula is C6H17AlO4. The summed E-state index contributed by atoms with van der Waals surface area (Å²) in [6.07, 6.45) is 0. The second kappa shape index (κ2) is 10.4. The first-order valence-electron chi connectivity index (χ1n) is 3.69. The highest BCUT2D eigenvalue weighted by molar-refractivity contribution is 6.36. The van der Waals surface area contributed by atoms with Crippen LogP contribution in [0.2, 0.25) is 0 Å². The van der Waals surface area contributed by atoms with E-state index in [2.05, 4.69) is 0 Å². The van der Waals surface area contributed by atoms with E-state index in [0.29, 0.717) is 19.8 Å². The fourth-order valence-electron chi connectivity index (χ4n) is 0.553. The van der Waals surface area contributed by atoms with Crippen molar-refractivity contribution in [2.75, 3.05) is 19.8 Å². The third-order valence-electron chi connectivity index (χ3n) is 0.908. The molecule has 0 unspecified atom stereocenters. The van der Waals surface area contributed by atoms with Crippen molar-refractivity contribution in [3.63, 3.8) is 0 Å². The summed E-state index contributed by atoms with van der Waals surface area (Å²) in [6.45, 7) is 7.86. The van der Waals surface area contributed by atoms with Gasteiger partial charge in [-0.15, -0.1) is 0 Å². The Morgan fingerprint density at radius 3 is 1.27 bits per heavy atom. The van der Waals surface area contributed by atoms with Gasteiger partial charge < -0.3 is 16.8 Å². The Kier molecular flexibility index (Phi) is 13.1. The molecule has 0 aromatic heterocycles. The third-order valence-corrected chi connectivity index (χ3v) is 2.72. The minimum Gasteiger partial charge on any atom is -0.455 e. The normalized spacial score (nSPS) is 9.00. The van der Waals surface area contributed by atoms with Gasteiger partial charge in [-0.1, -0.05) is 0 Å². The van der Waals surface area contributed by atoms with E-state index in [-0.39, 0.29) is 5.48 Å². The van der Waals surface area contributed by atoms with Crippen LogP contribution in [0.3, 0.4) is 0 Å². The molecule has 0 aliphatic carbocycles. The van der Waals surface area contributed by atoms with Crippen LogP contribution >= 0.6 is 0 Å². The first-order chi connectivity index (χ1) is 4.85. The van der Waals surface area contributed by atoms with E-state index in [1.54, 1.807) is 0 Å². The zero-order valence-electron chi connectivity index (χ0n) is 7.42. The standard InChI is InChI=1S/3C2H5O.Al.H2O/c3*1-2-3;;/h3*2H2,1H3;;1H2/q3*-1;+3;. The second-order valence-electron chi connectivity index (χ2n) is 1.65. The van der Waals surface area contributed by atoms with Crippen LogP contribution in [-0.4, -0.2) is 40.4 Å². The molecule has 0 heterocycles. The molecule has 0 aromatic rings. The zero-order chi connectivity index (χ0) is 7.82. The average Bonchev–Trinajstić information content (AvgIpc) is 1.90. The minimum absolute atomic E-state index is 0. The molecule has 0 radical (unpaired) electrons. The summed E-state index contributed by atoms with van der Waals surface area (Å²) in [6, 6.07) is 0. The van der Waals surface area contributed by atoms with Crippen LogP contribution in [0, 0.1) is 0 Å². The van der Waals surface area contributed by atoms with E-state index in [9.17, 15) is 0 Å². The maximum absolute atomic E-state index is 5.22. The summed E-state index contributed by atoms with van der Waals surface area (Å²) >= 11 is -1.73. The van der Waals surface area contributed by atoms with E-state index in [0.717, 1.165) is 0 Å². The molecule has 0 aromatic carbocycles. The number of hydrogen-bond acceptors (Lipinski definition) is 3. The molecule has 0 rings (SSSR count). The molecule has 68 valence electrons. The smallest absolute Gasteiger partial charge is 0.455 e. The summed E-state index contributed by atoms with van der Waals surface area (Å²) in [7, 11) is 0. The maximum atomic E-state index is 5.22. The molecule has 0 saturated carbocycles. The van der Waals surface area contributed by atoms with Crippen molar-refractivity contribution >= 4 is 15.1 Å². The van der Waals surface area contributed by atoms with Gasteiger partial charge in [0.15, 0.2) is 0 Å². The Bertz CT molecular complexity index is 57.3. The maximum Gasteiger partial charge on any atom is 0.905 e. The first-order valence-corrected chi connectivity index (χ1v) is 5.11. The number of rotatable bonds is 6. The lowest BCUT2D eigenvalue weighted by molar-refractivity contribution is 0.107. The van der Waals surface area contributed by atoms with Crippen molar-refractivity contribution in [3.05, 3.63) is 0 Å². The molecule has 4 nitrogen and oxygen atoms in total. The molecule has 0 amide bonds. The fourth-order valence-corrected chi connectivity index (χ4v) is 1.66. The van der Waals surface area contributed by atoms with E-state index >= 15 is 0 Å². The van der Waals surface area contributed by atoms with Crippen molar-refractivity contribution in [1.29, 1.82) is 0 Å². The highest BCUT2D eigenvalue weighted by Gasteiger charge is 2.28. The molecule has 11 heavy (non-hydrogen) atoms. The molecule has 0 spiro atoms. The van der Waals surface area contributed by atoms with Gasteiger partial charge in [0.1, 0.15) is 0 Å². The van der Waals surface area contributed by atoms with Crippen molar-refractivity contribution < 1.29 is 16.8 Å². The van der Waals surface area contributed by atoms with Crippen molar-refractivity contribution in [2.24, 2.45) is 0 Å². The SMILES string of the molecule is CC[O][Al]([O]CC)[O]CC.O. The van der Waals surface area contributed by atoms with Gasteiger partial charge in [-0.2, -0.15) is 0 Å². The van der Waals surface area contributed by atoms with Crippen LogP contribution in [0.1, 0.15) is 20.8 Å². The van der Waals surface area contributed by atoms with Crippen LogP contribution < -0.4 is 0 Å². The van der Waals surface area contributed by atoms with Crippen LogP contribution in [-0.2, 0) is 11.4 Å². The molecule has 0 fully saturated rings. The van der Waals surface area contributed by atoms with E-state index in [1.165, 1.54) is 0 Å². The quantitative estimate of drug-likeness (QED) is 0.551. The zero-order valence-corrected chi connectivity index (χ0v) is 8.58. The van der Waals surface area contributed by atoms with Gasteiger partial charge in [0.05, 0.1) is 0 Å². The Morgan fingerprint density at radius 1 is 0.818 bits per heavy atom. The summed E-state index contributed by atoms with van der Waals surface area (Å²) in [5.74, 6) is 0. The Labute approximate surface area is 73.1 Å². The Balaban J connectivity index is 0. The van der Waals surface area contributed by atoms with Crippen molar-refractivity contribution in [2.45, 2.75) is 20.8 Å². The topological polar surface area (TPSA) is 59.2 Å². The highest BCUT2D eigenvalue weighted by Crippen LogP contribution is 1.90. The van der Waals surface area contributed by atoms with Gasteiger partial charge in [0, 0.05) is 19.8 Å². The van der Waals surface area contributed by atoms with Crippen LogP contribution in [0.15, 0.2) is 0 Å². The monoisotopic (exact) mass is 180 g/mol. The molecule has 2 N–H and O–H groups in total. The van der Waals surface area contributed by atoms with Crippen molar-refractivity contribution in [3.8, 4) is 0 Å². The van der Waals surface area contributed by atoms with E-state index in [1.807, 2.05) is 20.8 Å². The Morgan fingerprint density at radius 2 is 1.09 bits per heavy atom. The highest BCUT2D eigenvalue weighted by atomic mass is 27.3. The summed E-state index contributed by atoms with van der Waals surface area (Å²) in [4.78, 5) is 0. The van der Waals surface area contributed by atoms with Gasteiger partial charge in [0.25, 0.3) is 0 Å². The van der Waals surface area contributed by atoms with Gasteiger partial charge in [0.2, 0.25) is 0 Å². The van der Waals surface area contributed by atoms with Gasteiger partial charge in [-0.3, -0.25) is 0 Å². The van der Waals surface area contributed by atoms with Gasteiger partial charge in [-0.05, 0) is 20.8 Å². The van der Waals surface area contributed by atoms with Crippen LogP contribution in [0.4, 0.5) is 0 Å². The first kappa shape index (κ1) is 13.9. The molecule has 0 atom stereocenters. The lowest BCUT2D eigenvalue weighted by atomic mass is 10.9. The van der Waals surface area contributed by atoms with Gasteiger partial charge >= 0.3 is 15.1 Å². The lowest BCUT2D eigenvalue weighted by Crippen LogP contribution is -2.27. The van der Waals surface area contributed by atoms with Gasteiger partial charge in [-0.25, -0.2) is 0 Å². The average molecular weight is 180 g/mol. The lowest BCUT2D eigenvalue weighted by Gasteiger charge is -2.08. The van der Waals surface area contributed by atoms with Crippen LogP contribution in [0.25, 0.3) is 0 Å². The number of hydrogen-bond donors (Lipinski definition) is 0. The van der Waals surface area contributed by atoms with E-state index < -0.39 is 15.1 Å². The molecule has 0 saturated heterocycles. The second-order valence-corrected chi connectivity index (χ2v) is 3.23. The minimum atomic E-state index is -1.73.